The molecule has 12 heavy (non-hydrogen) atoms. The predicted octanol–water partition coefficient (Wildman–Crippen LogP) is 4.31. The summed E-state index contributed by atoms with van der Waals surface area (Å²) < 4.78 is 1.44. The van der Waals surface area contributed by atoms with Gasteiger partial charge in [-0.15, -0.1) is 0 Å². The fourth-order valence-electron chi connectivity index (χ4n) is 0.262. The van der Waals surface area contributed by atoms with Crippen molar-refractivity contribution in [2.75, 3.05) is 6.61 Å². The van der Waals surface area contributed by atoms with E-state index in [9.17, 15) is 0 Å². The Morgan fingerprint density at radius 3 is 1.67 bits per heavy atom. The molecule has 0 aliphatic rings. The van der Waals surface area contributed by atoms with Crippen molar-refractivity contribution in [2.24, 2.45) is 0 Å². The highest BCUT2D eigenvalue weighted by Gasteiger charge is 2.34. The highest BCUT2D eigenvalue weighted by molar-refractivity contribution is 6.70. The van der Waals surface area contributed by atoms with Crippen molar-refractivity contribution in [2.45, 2.75) is 13.1 Å². The molecule has 0 N–H and O–H groups in total. The number of alkyl halides is 7. The maximum atomic E-state index is 5.47. The van der Waals surface area contributed by atoms with Crippen LogP contribution in [0.2, 0.25) is 0 Å². The molecule has 1 unspecified atom stereocenters. The quantitative estimate of drug-likeness (QED) is 0.690. The van der Waals surface area contributed by atoms with E-state index in [1.807, 2.05) is 0 Å². The molecule has 0 fully saturated rings. The van der Waals surface area contributed by atoms with Crippen LogP contribution in [0.5, 0.6) is 0 Å². The van der Waals surface area contributed by atoms with Gasteiger partial charge >= 0.3 is 0 Å². The minimum Gasteiger partial charge on any atom is -0.353 e. The van der Waals surface area contributed by atoms with Crippen molar-refractivity contribution in [1.29, 1.82) is 0 Å². The third-order valence-electron chi connectivity index (χ3n) is 0.651. The summed E-state index contributed by atoms with van der Waals surface area (Å²) in [5.74, 6) is 0. The van der Waals surface area contributed by atoms with Gasteiger partial charge in [-0.05, 0) is 0 Å². The maximum Gasteiger partial charge on any atom is 0.230 e. The Bertz CT molecular complexity index is 135. The van der Waals surface area contributed by atoms with E-state index >= 15 is 0 Å². The lowest BCUT2D eigenvalue weighted by atomic mass is 10.7. The zero-order chi connectivity index (χ0) is 9.99. The first-order chi connectivity index (χ1) is 5.13. The SMILES string of the molecule is ClC(OCC(Cl)(Cl)Cl)C(Cl)(Cl)Cl. The summed E-state index contributed by atoms with van der Waals surface area (Å²) in [4.78, 5) is 0. The summed E-state index contributed by atoms with van der Waals surface area (Å²) in [5.41, 5.74) is -1.15. The molecule has 0 saturated heterocycles. The second kappa shape index (κ2) is 5.18. The molecule has 0 spiro atoms. The van der Waals surface area contributed by atoms with Gasteiger partial charge in [0, 0.05) is 0 Å². The summed E-state index contributed by atoms with van der Waals surface area (Å²) in [7, 11) is 0. The standard InChI is InChI=1S/C4H3Cl7O/c5-2(4(9,10)11)12-1-3(6,7)8/h2H,1H2. The van der Waals surface area contributed by atoms with Gasteiger partial charge in [0.15, 0.2) is 5.56 Å². The minimum atomic E-state index is -1.74. The van der Waals surface area contributed by atoms with E-state index in [0.717, 1.165) is 0 Å². The van der Waals surface area contributed by atoms with E-state index in [0.29, 0.717) is 0 Å². The van der Waals surface area contributed by atoms with Gasteiger partial charge < -0.3 is 4.74 Å². The zero-order valence-electron chi connectivity index (χ0n) is 5.34. The summed E-state index contributed by atoms with van der Waals surface area (Å²) in [6.07, 6.45) is 0. The molecule has 0 aliphatic carbocycles. The molecule has 74 valence electrons. The van der Waals surface area contributed by atoms with Crippen LogP contribution >= 0.6 is 81.2 Å². The molecule has 0 aromatic carbocycles. The Balaban J connectivity index is 3.80. The second-order valence-corrected chi connectivity index (χ2v) is 7.07. The van der Waals surface area contributed by atoms with E-state index in [1.54, 1.807) is 0 Å². The average Bonchev–Trinajstić information content (AvgIpc) is 1.78. The summed E-state index contributed by atoms with van der Waals surface area (Å²) in [5, 5.41) is 0. The molecule has 0 aromatic heterocycles. The van der Waals surface area contributed by atoms with Gasteiger partial charge in [0.25, 0.3) is 0 Å². The lowest BCUT2D eigenvalue weighted by Gasteiger charge is -2.20. The van der Waals surface area contributed by atoms with Crippen molar-refractivity contribution in [1.82, 2.24) is 0 Å². The molecule has 8 heteroatoms. The monoisotopic (exact) mass is 312 g/mol. The van der Waals surface area contributed by atoms with Gasteiger partial charge in [-0.2, -0.15) is 0 Å². The van der Waals surface area contributed by atoms with E-state index in [-0.39, 0.29) is 6.61 Å². The second-order valence-electron chi connectivity index (χ2n) is 1.78. The van der Waals surface area contributed by atoms with Crippen LogP contribution in [-0.2, 0) is 4.74 Å². The first-order valence-corrected chi connectivity index (χ1v) is 5.22. The third-order valence-corrected chi connectivity index (χ3v) is 2.36. The number of rotatable bonds is 2. The predicted molar refractivity (Wildman–Crippen MR) is 56.2 cm³/mol. The molecule has 1 atom stereocenters. The van der Waals surface area contributed by atoms with Crippen LogP contribution in [-0.4, -0.2) is 19.8 Å². The molecule has 0 amide bonds. The molecule has 0 aliphatic heterocycles. The van der Waals surface area contributed by atoms with Gasteiger partial charge in [0.1, 0.15) is 0 Å². The van der Waals surface area contributed by atoms with Crippen LogP contribution in [0.4, 0.5) is 0 Å². The molecule has 0 rings (SSSR count). The molecule has 0 radical (unpaired) electrons. The van der Waals surface area contributed by atoms with E-state index in [4.69, 9.17) is 85.9 Å². The van der Waals surface area contributed by atoms with E-state index in [1.165, 1.54) is 0 Å². The number of ether oxygens (including phenoxy) is 1. The summed E-state index contributed by atoms with van der Waals surface area (Å²) in [6, 6.07) is 0. The minimum absolute atomic E-state index is 0.250. The number of hydrogen-bond acceptors (Lipinski definition) is 1. The van der Waals surface area contributed by atoms with Crippen LogP contribution in [0.25, 0.3) is 0 Å². The molecule has 1 nitrogen and oxygen atoms in total. The van der Waals surface area contributed by atoms with E-state index in [2.05, 4.69) is 0 Å². The van der Waals surface area contributed by atoms with Crippen molar-refractivity contribution >= 4 is 81.2 Å². The fourth-order valence-corrected chi connectivity index (χ4v) is 0.703. The van der Waals surface area contributed by atoms with Gasteiger partial charge in [-0.3, -0.25) is 0 Å². The fraction of sp³-hybridized carbons (Fsp3) is 1.00. The van der Waals surface area contributed by atoms with Crippen LogP contribution in [0.15, 0.2) is 0 Å². The Hall–Kier alpha value is 1.99. The smallest absolute Gasteiger partial charge is 0.230 e. The number of hydrogen-bond donors (Lipinski definition) is 0. The Morgan fingerprint density at radius 1 is 1.00 bits per heavy atom. The molecular formula is C4H3Cl7O. The molecule has 0 aromatic rings. The zero-order valence-corrected chi connectivity index (χ0v) is 10.6. The van der Waals surface area contributed by atoms with Crippen LogP contribution < -0.4 is 0 Å². The van der Waals surface area contributed by atoms with Crippen molar-refractivity contribution < 1.29 is 4.74 Å². The summed E-state index contributed by atoms with van der Waals surface area (Å²) >= 11 is 37.6. The van der Waals surface area contributed by atoms with Crippen LogP contribution in [0, 0.1) is 0 Å². The highest BCUT2D eigenvalue weighted by atomic mass is 35.6. The molecule has 0 saturated carbocycles. The highest BCUT2D eigenvalue weighted by Crippen LogP contribution is 2.36. The topological polar surface area (TPSA) is 9.23 Å². The van der Waals surface area contributed by atoms with Gasteiger partial charge in [0.2, 0.25) is 7.59 Å². The molecular weight excluding hydrogens is 312 g/mol. The lowest BCUT2D eigenvalue weighted by molar-refractivity contribution is 0.114. The van der Waals surface area contributed by atoms with Crippen molar-refractivity contribution in [3.05, 3.63) is 0 Å². The lowest BCUT2D eigenvalue weighted by Crippen LogP contribution is -2.27. The van der Waals surface area contributed by atoms with Crippen molar-refractivity contribution in [3.63, 3.8) is 0 Å². The first kappa shape index (κ1) is 14.0. The van der Waals surface area contributed by atoms with Gasteiger partial charge in [-0.25, -0.2) is 0 Å². The molecule has 0 heterocycles. The maximum absolute atomic E-state index is 5.47. The number of halogens is 7. The largest absolute Gasteiger partial charge is 0.353 e. The van der Waals surface area contributed by atoms with E-state index < -0.39 is 13.1 Å². The van der Waals surface area contributed by atoms with Crippen LogP contribution in [0.3, 0.4) is 0 Å². The average molecular weight is 315 g/mol. The van der Waals surface area contributed by atoms with Gasteiger partial charge in [-0.1, -0.05) is 81.2 Å². The van der Waals surface area contributed by atoms with Crippen LogP contribution in [0.1, 0.15) is 0 Å². The summed E-state index contributed by atoms with van der Waals surface area (Å²) in [6.45, 7) is -0.250. The first-order valence-electron chi connectivity index (χ1n) is 2.52. The Labute approximate surface area is 105 Å². The van der Waals surface area contributed by atoms with Gasteiger partial charge in [0.05, 0.1) is 6.61 Å². The molecule has 0 bridgehead atoms. The Kier molecular flexibility index (Phi) is 6.04. The third kappa shape index (κ3) is 7.40. The van der Waals surface area contributed by atoms with Crippen molar-refractivity contribution in [3.8, 4) is 0 Å². The normalized spacial score (nSPS) is 16.2. The Morgan fingerprint density at radius 2 is 1.42 bits per heavy atom.